The Bertz CT molecular complexity index is 1100. The van der Waals surface area contributed by atoms with Gasteiger partial charge in [-0.2, -0.15) is 5.10 Å². The van der Waals surface area contributed by atoms with E-state index in [1.807, 2.05) is 38.1 Å². The highest BCUT2D eigenvalue weighted by atomic mass is 16.5. The molecule has 1 aliphatic carbocycles. The van der Waals surface area contributed by atoms with Crippen LogP contribution in [0, 0.1) is 19.8 Å². The first-order chi connectivity index (χ1) is 14.5. The third-order valence-electron chi connectivity index (χ3n) is 5.92. The van der Waals surface area contributed by atoms with Gasteiger partial charge in [0.2, 0.25) is 0 Å². The number of benzene rings is 1. The highest BCUT2D eigenvalue weighted by Crippen LogP contribution is 2.36. The molecule has 2 aromatic heterocycles. The highest BCUT2D eigenvalue weighted by molar-refractivity contribution is 6.05. The van der Waals surface area contributed by atoms with E-state index in [1.165, 1.54) is 0 Å². The molecule has 0 atom stereocenters. The van der Waals surface area contributed by atoms with Crippen LogP contribution in [-0.4, -0.2) is 34.1 Å². The summed E-state index contributed by atoms with van der Waals surface area (Å²) in [5, 5.41) is 8.71. The third-order valence-corrected chi connectivity index (χ3v) is 5.92. The van der Waals surface area contributed by atoms with Gasteiger partial charge < -0.3 is 14.8 Å². The Morgan fingerprint density at radius 1 is 1.20 bits per heavy atom. The molecule has 156 valence electrons. The summed E-state index contributed by atoms with van der Waals surface area (Å²) in [6, 6.07) is 9.41. The second-order valence-electron chi connectivity index (χ2n) is 7.92. The largest absolute Gasteiger partial charge is 0.494 e. The van der Waals surface area contributed by atoms with Gasteiger partial charge in [-0.15, -0.1) is 0 Å². The molecule has 0 aliphatic heterocycles. The molecule has 1 amide bonds. The van der Waals surface area contributed by atoms with E-state index in [1.54, 1.807) is 13.2 Å². The van der Waals surface area contributed by atoms with E-state index in [4.69, 9.17) is 9.84 Å². The summed E-state index contributed by atoms with van der Waals surface area (Å²) in [4.78, 5) is 28.0. The van der Waals surface area contributed by atoms with Gasteiger partial charge in [0.15, 0.2) is 0 Å². The Morgan fingerprint density at radius 3 is 2.63 bits per heavy atom. The molecule has 4 rings (SSSR count). The van der Waals surface area contributed by atoms with Crippen molar-refractivity contribution < 1.29 is 14.3 Å². The van der Waals surface area contributed by atoms with E-state index in [0.717, 1.165) is 54.3 Å². The number of anilines is 1. The maximum absolute atomic E-state index is 12.7. The monoisotopic (exact) mass is 406 g/mol. The number of hydrogen-bond donors (Lipinski definition) is 1. The van der Waals surface area contributed by atoms with Crippen molar-refractivity contribution in [2.24, 2.45) is 5.92 Å². The lowest BCUT2D eigenvalue weighted by atomic mass is 9.87. The van der Waals surface area contributed by atoms with E-state index in [0.29, 0.717) is 17.1 Å². The number of nitrogens with one attached hydrogen (secondary N) is 1. The summed E-state index contributed by atoms with van der Waals surface area (Å²) >= 11 is 0. The minimum Gasteiger partial charge on any atom is -0.494 e. The van der Waals surface area contributed by atoms with Gasteiger partial charge in [-0.25, -0.2) is 4.98 Å². The minimum atomic E-state index is -0.284. The normalized spacial score (nSPS) is 18.9. The van der Waals surface area contributed by atoms with E-state index in [9.17, 15) is 9.59 Å². The number of aryl methyl sites for hydroxylation is 2. The zero-order valence-electron chi connectivity index (χ0n) is 17.5. The minimum absolute atomic E-state index is 0.170. The number of methoxy groups -OCH3 is 1. The number of rotatable bonds is 5. The molecule has 7 heteroatoms. The number of carbonyl (C=O) groups is 2. The van der Waals surface area contributed by atoms with Gasteiger partial charge in [-0.1, -0.05) is 6.07 Å². The topological polar surface area (TPSA) is 86.1 Å². The standard InChI is InChI=1S/C23H26N4O3/c1-14-5-4-6-19(24-14)23(29)25-21-11-18-15(2)27(26-20(18)12-22(21)30-3)17-9-7-16(13-28)8-10-17/h4-6,11-13,16-17H,7-10H2,1-3H3,(H,25,29). The molecule has 1 saturated carbocycles. The molecule has 7 nitrogen and oxygen atoms in total. The summed E-state index contributed by atoms with van der Waals surface area (Å²) in [7, 11) is 1.58. The van der Waals surface area contributed by atoms with Crippen molar-refractivity contribution in [3.8, 4) is 5.75 Å². The van der Waals surface area contributed by atoms with Crippen molar-refractivity contribution in [2.45, 2.75) is 45.6 Å². The van der Waals surface area contributed by atoms with Gasteiger partial charge in [-0.3, -0.25) is 9.48 Å². The molecule has 3 aromatic rings. The van der Waals surface area contributed by atoms with Gasteiger partial charge in [0.1, 0.15) is 17.7 Å². The summed E-state index contributed by atoms with van der Waals surface area (Å²) in [5.41, 5.74) is 3.61. The van der Waals surface area contributed by atoms with Crippen LogP contribution in [0.5, 0.6) is 5.75 Å². The van der Waals surface area contributed by atoms with Crippen LogP contribution >= 0.6 is 0 Å². The van der Waals surface area contributed by atoms with E-state index in [2.05, 4.69) is 15.0 Å². The molecule has 0 spiro atoms. The van der Waals surface area contributed by atoms with Crippen molar-refractivity contribution in [1.82, 2.24) is 14.8 Å². The Morgan fingerprint density at radius 2 is 1.97 bits per heavy atom. The van der Waals surface area contributed by atoms with Gasteiger partial charge in [0.05, 0.1) is 24.4 Å². The molecule has 2 heterocycles. The van der Waals surface area contributed by atoms with Crippen LogP contribution in [0.25, 0.3) is 10.9 Å². The SMILES string of the molecule is COc1cc2nn(C3CCC(C=O)CC3)c(C)c2cc1NC(=O)c1cccc(C)n1. The first-order valence-electron chi connectivity index (χ1n) is 10.3. The maximum atomic E-state index is 12.7. The number of fused-ring (bicyclic) bond motifs is 1. The predicted octanol–water partition coefficient (Wildman–Crippen LogP) is 4.24. The average molecular weight is 406 g/mol. The number of hydrogen-bond acceptors (Lipinski definition) is 5. The lowest BCUT2D eigenvalue weighted by Crippen LogP contribution is -2.20. The number of pyridine rings is 1. The zero-order chi connectivity index (χ0) is 21.3. The summed E-state index contributed by atoms with van der Waals surface area (Å²) in [6.07, 6.45) is 4.76. The second kappa shape index (κ2) is 8.26. The van der Waals surface area contributed by atoms with Crippen LogP contribution in [0.2, 0.25) is 0 Å². The molecule has 0 bridgehead atoms. The van der Waals surface area contributed by atoms with E-state index in [-0.39, 0.29) is 17.9 Å². The second-order valence-corrected chi connectivity index (χ2v) is 7.92. The number of nitrogens with zero attached hydrogens (tertiary/aromatic N) is 3. The van der Waals surface area contributed by atoms with Crippen molar-refractivity contribution in [1.29, 1.82) is 0 Å². The quantitative estimate of drug-likeness (QED) is 0.641. The van der Waals surface area contributed by atoms with Gasteiger partial charge in [-0.05, 0) is 57.7 Å². The van der Waals surface area contributed by atoms with Crippen molar-refractivity contribution in [3.05, 3.63) is 47.4 Å². The van der Waals surface area contributed by atoms with Crippen molar-refractivity contribution in [3.63, 3.8) is 0 Å². The molecule has 1 N–H and O–H groups in total. The fraction of sp³-hybridized carbons (Fsp3) is 0.391. The lowest BCUT2D eigenvalue weighted by Gasteiger charge is -2.26. The summed E-state index contributed by atoms with van der Waals surface area (Å²) in [6.45, 7) is 3.89. The van der Waals surface area contributed by atoms with Gasteiger partial charge in [0, 0.05) is 28.8 Å². The number of aromatic nitrogens is 3. The maximum Gasteiger partial charge on any atom is 0.274 e. The van der Waals surface area contributed by atoms with Crippen molar-refractivity contribution in [2.75, 3.05) is 12.4 Å². The summed E-state index contributed by atoms with van der Waals surface area (Å²) in [5.74, 6) is 0.440. The van der Waals surface area contributed by atoms with Crippen LogP contribution in [0.4, 0.5) is 5.69 Å². The smallest absolute Gasteiger partial charge is 0.274 e. The molecule has 1 aliphatic rings. The van der Waals surface area contributed by atoms with Gasteiger partial charge in [0.25, 0.3) is 5.91 Å². The summed E-state index contributed by atoms with van der Waals surface area (Å²) < 4.78 is 7.58. The fourth-order valence-electron chi connectivity index (χ4n) is 4.22. The Labute approximate surface area is 175 Å². The molecule has 1 fully saturated rings. The molecule has 1 aromatic carbocycles. The first-order valence-corrected chi connectivity index (χ1v) is 10.3. The van der Waals surface area contributed by atoms with Crippen LogP contribution < -0.4 is 10.1 Å². The molecule has 30 heavy (non-hydrogen) atoms. The van der Waals surface area contributed by atoms with E-state index < -0.39 is 0 Å². The van der Waals surface area contributed by atoms with Crippen molar-refractivity contribution >= 4 is 28.8 Å². The third kappa shape index (κ3) is 3.79. The van der Waals surface area contributed by atoms with Crippen LogP contribution in [0.15, 0.2) is 30.3 Å². The van der Waals surface area contributed by atoms with Crippen LogP contribution in [0.3, 0.4) is 0 Å². The number of ether oxygens (including phenoxy) is 1. The molecule has 0 unspecified atom stereocenters. The zero-order valence-corrected chi connectivity index (χ0v) is 17.5. The number of aldehydes is 1. The van der Waals surface area contributed by atoms with Gasteiger partial charge >= 0.3 is 0 Å². The van der Waals surface area contributed by atoms with Crippen LogP contribution in [-0.2, 0) is 4.79 Å². The van der Waals surface area contributed by atoms with E-state index >= 15 is 0 Å². The van der Waals surface area contributed by atoms with Crippen LogP contribution in [0.1, 0.15) is 53.6 Å². The predicted molar refractivity (Wildman–Crippen MR) is 115 cm³/mol. The highest BCUT2D eigenvalue weighted by Gasteiger charge is 2.25. The molecule has 0 saturated heterocycles. The molecular weight excluding hydrogens is 380 g/mol. The average Bonchev–Trinajstić information content (AvgIpc) is 3.08. The first kappa shape index (κ1) is 20.1. The Kier molecular flexibility index (Phi) is 5.53. The Hall–Kier alpha value is -3.22. The number of amides is 1. The fourth-order valence-corrected chi connectivity index (χ4v) is 4.22. The lowest BCUT2D eigenvalue weighted by molar-refractivity contribution is -0.112. The molecule has 0 radical (unpaired) electrons. The Balaban J connectivity index is 1.65. The number of carbonyl (C=O) groups excluding carboxylic acids is 2. The molecular formula is C23H26N4O3.